The summed E-state index contributed by atoms with van der Waals surface area (Å²) < 4.78 is 10.4. The van der Waals surface area contributed by atoms with Gasteiger partial charge in [0.15, 0.2) is 0 Å². The number of alkyl halides is 1. The van der Waals surface area contributed by atoms with Crippen LogP contribution in [0.15, 0.2) is 0 Å². The Morgan fingerprint density at radius 2 is 1.47 bits per heavy atom. The highest BCUT2D eigenvalue weighted by molar-refractivity contribution is 6.36. The largest absolute Gasteiger partial charge is 0.360 e. The first kappa shape index (κ1) is 15.4. The van der Waals surface area contributed by atoms with Crippen molar-refractivity contribution < 1.29 is 9.47 Å². The zero-order valence-electron chi connectivity index (χ0n) is 10.1. The quantitative estimate of drug-likeness (QED) is 0.244. The first-order valence-corrected chi connectivity index (χ1v) is 8.31. The van der Waals surface area contributed by atoms with E-state index in [1.54, 1.807) is 14.2 Å². The van der Waals surface area contributed by atoms with Crippen LogP contribution in [-0.4, -0.2) is 35.5 Å². The molecule has 0 bridgehead atoms. The second kappa shape index (κ2) is 12.5. The van der Waals surface area contributed by atoms with Gasteiger partial charge in [0.2, 0.25) is 0 Å². The minimum Gasteiger partial charge on any atom is -0.360 e. The van der Waals surface area contributed by atoms with Crippen molar-refractivity contribution in [3.05, 3.63) is 0 Å². The molecule has 92 valence electrons. The lowest BCUT2D eigenvalue weighted by Crippen LogP contribution is -2.20. The molecule has 0 aromatic carbocycles. The number of hydrogen-bond donors (Lipinski definition) is 0. The fraction of sp³-hybridized carbons (Fsp3) is 1.00. The van der Waals surface area contributed by atoms with Crippen LogP contribution in [-0.2, 0) is 9.47 Å². The molecule has 0 fully saturated rings. The molecule has 0 unspecified atom stereocenters. The van der Waals surface area contributed by atoms with Crippen molar-refractivity contribution in [2.75, 3.05) is 20.1 Å². The van der Waals surface area contributed by atoms with Gasteiger partial charge in [0, 0.05) is 20.1 Å². The first-order chi connectivity index (χ1) is 7.35. The molecule has 2 nitrogen and oxygen atoms in total. The molecule has 0 aliphatic rings. The van der Waals surface area contributed by atoms with Gasteiger partial charge in [-0.05, 0) is 6.42 Å². The second-order valence-corrected chi connectivity index (χ2v) is 6.18. The molecule has 0 saturated heterocycles. The normalized spacial score (nSPS) is 12.0. The van der Waals surface area contributed by atoms with Gasteiger partial charge >= 0.3 is 0 Å². The summed E-state index contributed by atoms with van der Waals surface area (Å²) in [5.41, 5.74) is 0. The molecule has 0 aromatic heterocycles. The molecule has 4 heteroatoms. The monoisotopic (exact) mass is 252 g/mol. The summed E-state index contributed by atoms with van der Waals surface area (Å²) in [7, 11) is 3.27. The lowest BCUT2D eigenvalue weighted by molar-refractivity contribution is -0.0441. The highest BCUT2D eigenvalue weighted by Crippen LogP contribution is 2.08. The minimum absolute atomic E-state index is 0.126. The van der Waals surface area contributed by atoms with Crippen molar-refractivity contribution in [1.29, 1.82) is 0 Å². The number of hydrogen-bond acceptors (Lipinski definition) is 2. The number of halogens is 1. The van der Waals surface area contributed by atoms with E-state index in [4.69, 9.17) is 21.1 Å². The van der Waals surface area contributed by atoms with Crippen LogP contribution < -0.4 is 0 Å². The molecule has 15 heavy (non-hydrogen) atoms. The molecule has 0 aliphatic carbocycles. The van der Waals surface area contributed by atoms with Crippen molar-refractivity contribution in [2.45, 2.75) is 50.5 Å². The van der Waals surface area contributed by atoms with Crippen molar-refractivity contribution >= 4 is 21.1 Å². The van der Waals surface area contributed by atoms with Crippen LogP contribution in [0.1, 0.15) is 38.5 Å². The Kier molecular flexibility index (Phi) is 12.9. The number of unbranched alkanes of at least 4 members (excludes halogenated alkanes) is 5. The summed E-state index contributed by atoms with van der Waals surface area (Å²) in [5, 5.41) is 0. The molecule has 0 aliphatic heterocycles. The Bertz CT molecular complexity index is 121. The van der Waals surface area contributed by atoms with E-state index in [9.17, 15) is 0 Å². The van der Waals surface area contributed by atoms with Gasteiger partial charge in [0.1, 0.15) is 5.91 Å². The molecule has 0 rings (SSSR count). The number of ether oxygens (including phenoxy) is 2. The van der Waals surface area contributed by atoms with E-state index in [1.165, 1.54) is 44.6 Å². The maximum atomic E-state index is 5.61. The van der Waals surface area contributed by atoms with Crippen LogP contribution in [0.4, 0.5) is 0 Å². The van der Waals surface area contributed by atoms with E-state index >= 15 is 0 Å². The third-order valence-electron chi connectivity index (χ3n) is 2.60. The van der Waals surface area contributed by atoms with Gasteiger partial charge in [-0.3, -0.25) is 0 Å². The molecular weight excluding hydrogens is 228 g/mol. The summed E-state index contributed by atoms with van der Waals surface area (Å²) in [4.78, 5) is 0. The fourth-order valence-corrected chi connectivity index (χ4v) is 3.26. The predicted molar refractivity (Wildman–Crippen MR) is 69.6 cm³/mol. The van der Waals surface area contributed by atoms with Crippen molar-refractivity contribution in [3.8, 4) is 0 Å². The Morgan fingerprint density at radius 1 is 0.933 bits per heavy atom. The van der Waals surface area contributed by atoms with E-state index in [2.05, 4.69) is 0 Å². The highest BCUT2D eigenvalue weighted by atomic mass is 35.5. The van der Waals surface area contributed by atoms with E-state index in [0.717, 1.165) is 5.88 Å². The van der Waals surface area contributed by atoms with Gasteiger partial charge < -0.3 is 9.47 Å². The Morgan fingerprint density at radius 3 is 2.00 bits per heavy atom. The number of methoxy groups -OCH3 is 2. The van der Waals surface area contributed by atoms with Gasteiger partial charge in [-0.1, -0.05) is 38.1 Å². The third-order valence-corrected chi connectivity index (χ3v) is 4.91. The van der Waals surface area contributed by atoms with Crippen LogP contribution in [0, 0.1) is 0 Å². The fourth-order valence-electron chi connectivity index (χ4n) is 1.62. The van der Waals surface area contributed by atoms with E-state index in [-0.39, 0.29) is 15.4 Å². The molecule has 0 saturated carbocycles. The summed E-state index contributed by atoms with van der Waals surface area (Å²) in [5.74, 6) is 0.942. The summed E-state index contributed by atoms with van der Waals surface area (Å²) in [6, 6.07) is 1.34. The van der Waals surface area contributed by atoms with Crippen LogP contribution in [0.2, 0.25) is 6.04 Å². The van der Waals surface area contributed by atoms with Crippen molar-refractivity contribution in [1.82, 2.24) is 0 Å². The zero-order chi connectivity index (χ0) is 11.4. The Labute approximate surface area is 101 Å². The van der Waals surface area contributed by atoms with Crippen molar-refractivity contribution in [2.24, 2.45) is 0 Å². The molecule has 0 amide bonds. The SMILES string of the molecule is COC(OC)[SiH2]CCCCCCCCCl. The average molecular weight is 253 g/mol. The van der Waals surface area contributed by atoms with Gasteiger partial charge in [-0.15, -0.1) is 11.6 Å². The van der Waals surface area contributed by atoms with Crippen LogP contribution in [0.25, 0.3) is 0 Å². The molecular formula is C11H25ClO2Si. The minimum atomic E-state index is -0.184. The first-order valence-electron chi connectivity index (χ1n) is 5.96. The molecule has 0 atom stereocenters. The van der Waals surface area contributed by atoms with Gasteiger partial charge in [0.05, 0.1) is 9.52 Å². The molecule has 0 spiro atoms. The van der Waals surface area contributed by atoms with Gasteiger partial charge in [-0.2, -0.15) is 0 Å². The molecule has 0 aromatic rings. The standard InChI is InChI=1S/C11H25ClO2Si/c1-13-11(14-2)15-10-8-6-4-3-5-7-9-12/h11H,3-10,15H2,1-2H3. The zero-order valence-corrected chi connectivity index (χ0v) is 12.3. The van der Waals surface area contributed by atoms with Crippen LogP contribution >= 0.6 is 11.6 Å². The summed E-state index contributed by atoms with van der Waals surface area (Å²) in [6.07, 6.45) is 7.86. The molecule has 0 heterocycles. The molecule has 0 radical (unpaired) electrons. The van der Waals surface area contributed by atoms with Gasteiger partial charge in [0.25, 0.3) is 0 Å². The molecule has 0 N–H and O–H groups in total. The number of rotatable bonds is 11. The van der Waals surface area contributed by atoms with E-state index < -0.39 is 0 Å². The van der Waals surface area contributed by atoms with Gasteiger partial charge in [-0.25, -0.2) is 0 Å². The summed E-state index contributed by atoms with van der Waals surface area (Å²) >= 11 is 5.61. The Hall–Kier alpha value is 0.427. The Balaban J connectivity index is 3.04. The van der Waals surface area contributed by atoms with Crippen molar-refractivity contribution in [3.63, 3.8) is 0 Å². The average Bonchev–Trinajstić information content (AvgIpc) is 2.27. The van der Waals surface area contributed by atoms with Crippen LogP contribution in [0.5, 0.6) is 0 Å². The maximum absolute atomic E-state index is 5.61. The van der Waals surface area contributed by atoms with E-state index in [1.807, 2.05) is 0 Å². The summed E-state index contributed by atoms with van der Waals surface area (Å²) in [6.45, 7) is 0. The van der Waals surface area contributed by atoms with E-state index in [0.29, 0.717) is 0 Å². The second-order valence-electron chi connectivity index (χ2n) is 3.85. The maximum Gasteiger partial charge on any atom is 0.134 e. The van der Waals surface area contributed by atoms with Crippen LogP contribution in [0.3, 0.4) is 0 Å². The third kappa shape index (κ3) is 10.7. The predicted octanol–water partition coefficient (Wildman–Crippen LogP) is 2.73. The topological polar surface area (TPSA) is 18.5 Å². The smallest absolute Gasteiger partial charge is 0.134 e. The lowest BCUT2D eigenvalue weighted by Gasteiger charge is -2.11. The highest BCUT2D eigenvalue weighted by Gasteiger charge is 2.04. The lowest BCUT2D eigenvalue weighted by atomic mass is 10.1.